The van der Waals surface area contributed by atoms with E-state index in [9.17, 15) is 4.79 Å². The molecule has 0 aliphatic rings. The van der Waals surface area contributed by atoms with Crippen molar-refractivity contribution in [3.05, 3.63) is 17.0 Å². The van der Waals surface area contributed by atoms with Gasteiger partial charge >= 0.3 is 6.01 Å². The van der Waals surface area contributed by atoms with Gasteiger partial charge in [-0.25, -0.2) is 5.10 Å². The van der Waals surface area contributed by atoms with Crippen molar-refractivity contribution in [2.75, 3.05) is 11.9 Å². The molecule has 0 unspecified atom stereocenters. The normalized spacial score (nSPS) is 10.5. The third kappa shape index (κ3) is 3.09. The second-order valence-electron chi connectivity index (χ2n) is 3.93. The Kier molecular flexibility index (Phi) is 3.79. The van der Waals surface area contributed by atoms with E-state index in [1.54, 1.807) is 13.8 Å². The lowest BCUT2D eigenvalue weighted by molar-refractivity contribution is -0.115. The molecular formula is C11H15N5O3. The monoisotopic (exact) mass is 265 g/mol. The minimum Gasteiger partial charge on any atom is -0.463 e. The number of rotatable bonds is 5. The standard InChI is InChI=1S/C11H15N5O3/c1-4-18-11-13-10(14-15-11)12-9(17)5-8-6(2)16-19-7(8)3/h4-5H2,1-3H3,(H2,12,13,14,15,17). The van der Waals surface area contributed by atoms with Gasteiger partial charge in [0.25, 0.3) is 0 Å². The summed E-state index contributed by atoms with van der Waals surface area (Å²) in [5.41, 5.74) is 1.49. The van der Waals surface area contributed by atoms with Crippen molar-refractivity contribution in [1.29, 1.82) is 0 Å². The van der Waals surface area contributed by atoms with Gasteiger partial charge in [0.2, 0.25) is 11.9 Å². The number of aromatic nitrogens is 4. The van der Waals surface area contributed by atoms with Crippen LogP contribution in [-0.4, -0.2) is 32.9 Å². The number of amides is 1. The molecule has 2 aromatic rings. The fourth-order valence-electron chi connectivity index (χ4n) is 1.59. The summed E-state index contributed by atoms with van der Waals surface area (Å²) < 4.78 is 10.1. The maximum atomic E-state index is 11.8. The lowest BCUT2D eigenvalue weighted by Gasteiger charge is -2.00. The molecule has 0 aliphatic carbocycles. The van der Waals surface area contributed by atoms with Gasteiger partial charge in [0, 0.05) is 5.56 Å². The van der Waals surface area contributed by atoms with Crippen molar-refractivity contribution in [2.24, 2.45) is 0 Å². The average Bonchev–Trinajstić information content (AvgIpc) is 2.91. The molecule has 19 heavy (non-hydrogen) atoms. The largest absolute Gasteiger partial charge is 0.463 e. The SMILES string of the molecule is CCOc1n[nH]c(NC(=O)Cc2c(C)noc2C)n1. The van der Waals surface area contributed by atoms with Crippen LogP contribution in [0.15, 0.2) is 4.52 Å². The van der Waals surface area contributed by atoms with Gasteiger partial charge in [-0.2, -0.15) is 4.98 Å². The molecule has 2 N–H and O–H groups in total. The summed E-state index contributed by atoms with van der Waals surface area (Å²) in [4.78, 5) is 15.8. The molecule has 0 spiro atoms. The average molecular weight is 265 g/mol. The molecule has 102 valence electrons. The Hall–Kier alpha value is -2.38. The van der Waals surface area contributed by atoms with Crippen LogP contribution in [0.1, 0.15) is 23.9 Å². The van der Waals surface area contributed by atoms with Crippen LogP contribution < -0.4 is 10.1 Å². The summed E-state index contributed by atoms with van der Waals surface area (Å²) in [5, 5.41) is 12.8. The van der Waals surface area contributed by atoms with Crippen molar-refractivity contribution in [2.45, 2.75) is 27.2 Å². The molecule has 2 aromatic heterocycles. The number of anilines is 1. The molecule has 1 amide bonds. The summed E-state index contributed by atoms with van der Waals surface area (Å²) in [5.74, 6) is 0.661. The third-order valence-electron chi connectivity index (χ3n) is 2.51. The molecule has 0 bridgehead atoms. The summed E-state index contributed by atoms with van der Waals surface area (Å²) in [6.07, 6.45) is 0.172. The van der Waals surface area contributed by atoms with Gasteiger partial charge in [-0.15, -0.1) is 5.10 Å². The highest BCUT2D eigenvalue weighted by Gasteiger charge is 2.14. The minimum atomic E-state index is -0.228. The zero-order chi connectivity index (χ0) is 13.8. The second kappa shape index (κ2) is 5.51. The quantitative estimate of drug-likeness (QED) is 0.835. The van der Waals surface area contributed by atoms with Crippen molar-refractivity contribution in [3.63, 3.8) is 0 Å². The Morgan fingerprint density at radius 1 is 1.47 bits per heavy atom. The highest BCUT2D eigenvalue weighted by atomic mass is 16.5. The van der Waals surface area contributed by atoms with Gasteiger partial charge in [0.15, 0.2) is 0 Å². The summed E-state index contributed by atoms with van der Waals surface area (Å²) in [7, 11) is 0. The summed E-state index contributed by atoms with van der Waals surface area (Å²) in [6.45, 7) is 5.85. The van der Waals surface area contributed by atoms with E-state index in [-0.39, 0.29) is 24.3 Å². The van der Waals surface area contributed by atoms with Crippen molar-refractivity contribution in [1.82, 2.24) is 20.3 Å². The van der Waals surface area contributed by atoms with Crippen LogP contribution in [0.4, 0.5) is 5.95 Å². The number of hydrogen-bond donors (Lipinski definition) is 2. The molecule has 0 saturated heterocycles. The number of aryl methyl sites for hydroxylation is 2. The first kappa shape index (κ1) is 13.1. The Morgan fingerprint density at radius 2 is 2.26 bits per heavy atom. The smallest absolute Gasteiger partial charge is 0.337 e. The predicted octanol–water partition coefficient (Wildman–Crippen LogP) is 0.989. The van der Waals surface area contributed by atoms with Gasteiger partial charge in [-0.1, -0.05) is 5.16 Å². The van der Waals surface area contributed by atoms with Crippen LogP contribution >= 0.6 is 0 Å². The Morgan fingerprint density at radius 3 is 2.89 bits per heavy atom. The lowest BCUT2D eigenvalue weighted by atomic mass is 10.1. The van der Waals surface area contributed by atoms with Crippen LogP contribution in [0.3, 0.4) is 0 Å². The zero-order valence-electron chi connectivity index (χ0n) is 11.0. The van der Waals surface area contributed by atoms with Crippen LogP contribution in [0.25, 0.3) is 0 Å². The first-order chi connectivity index (χ1) is 9.10. The fourth-order valence-corrected chi connectivity index (χ4v) is 1.59. The minimum absolute atomic E-state index is 0.172. The maximum Gasteiger partial charge on any atom is 0.337 e. The molecule has 2 rings (SSSR count). The van der Waals surface area contributed by atoms with Crippen LogP contribution in [0.2, 0.25) is 0 Å². The Bertz CT molecular complexity index is 555. The summed E-state index contributed by atoms with van der Waals surface area (Å²) >= 11 is 0. The Balaban J connectivity index is 1.97. The molecule has 2 heterocycles. The molecular weight excluding hydrogens is 250 g/mol. The van der Waals surface area contributed by atoms with Gasteiger partial charge in [0.1, 0.15) is 5.76 Å². The first-order valence-electron chi connectivity index (χ1n) is 5.87. The zero-order valence-corrected chi connectivity index (χ0v) is 11.0. The first-order valence-corrected chi connectivity index (χ1v) is 5.87. The van der Waals surface area contributed by atoms with E-state index in [1.807, 2.05) is 6.92 Å². The van der Waals surface area contributed by atoms with Gasteiger partial charge in [0.05, 0.1) is 18.7 Å². The van der Waals surface area contributed by atoms with E-state index in [2.05, 4.69) is 25.7 Å². The lowest BCUT2D eigenvalue weighted by Crippen LogP contribution is -2.16. The number of H-pyrrole nitrogens is 1. The van der Waals surface area contributed by atoms with Crippen molar-refractivity contribution in [3.8, 4) is 6.01 Å². The predicted molar refractivity (Wildman–Crippen MR) is 65.9 cm³/mol. The van der Waals surface area contributed by atoms with E-state index in [4.69, 9.17) is 9.26 Å². The highest BCUT2D eigenvalue weighted by Crippen LogP contribution is 2.13. The van der Waals surface area contributed by atoms with E-state index in [1.165, 1.54) is 0 Å². The van der Waals surface area contributed by atoms with E-state index in [0.717, 1.165) is 5.56 Å². The van der Waals surface area contributed by atoms with Gasteiger partial charge in [-0.3, -0.25) is 10.1 Å². The van der Waals surface area contributed by atoms with E-state index in [0.29, 0.717) is 18.1 Å². The van der Waals surface area contributed by atoms with E-state index >= 15 is 0 Å². The number of nitrogens with zero attached hydrogens (tertiary/aromatic N) is 3. The molecule has 0 saturated carbocycles. The molecule has 0 fully saturated rings. The maximum absolute atomic E-state index is 11.8. The molecule has 8 nitrogen and oxygen atoms in total. The molecule has 0 aromatic carbocycles. The number of carbonyl (C=O) groups is 1. The van der Waals surface area contributed by atoms with Crippen molar-refractivity contribution >= 4 is 11.9 Å². The topological polar surface area (TPSA) is 106 Å². The molecule has 0 atom stereocenters. The number of carbonyl (C=O) groups excluding carboxylic acids is 1. The number of ether oxygens (including phenoxy) is 1. The van der Waals surface area contributed by atoms with Gasteiger partial charge < -0.3 is 9.26 Å². The molecule has 0 radical (unpaired) electrons. The second-order valence-corrected chi connectivity index (χ2v) is 3.93. The van der Waals surface area contributed by atoms with Crippen LogP contribution in [-0.2, 0) is 11.2 Å². The highest BCUT2D eigenvalue weighted by molar-refractivity contribution is 5.90. The molecule has 8 heteroatoms. The summed E-state index contributed by atoms with van der Waals surface area (Å²) in [6, 6.07) is 0.204. The van der Waals surface area contributed by atoms with Crippen LogP contribution in [0, 0.1) is 13.8 Å². The number of hydrogen-bond acceptors (Lipinski definition) is 6. The van der Waals surface area contributed by atoms with Crippen molar-refractivity contribution < 1.29 is 14.1 Å². The van der Waals surface area contributed by atoms with E-state index < -0.39 is 0 Å². The number of nitrogens with one attached hydrogen (secondary N) is 2. The third-order valence-corrected chi connectivity index (χ3v) is 2.51. The Labute approximate surface area is 109 Å². The fraction of sp³-hybridized carbons (Fsp3) is 0.455. The molecule has 0 aliphatic heterocycles. The number of aromatic amines is 1. The van der Waals surface area contributed by atoms with Crippen LogP contribution in [0.5, 0.6) is 6.01 Å². The van der Waals surface area contributed by atoms with Gasteiger partial charge in [-0.05, 0) is 20.8 Å².